The van der Waals surface area contributed by atoms with Gasteiger partial charge in [-0.25, -0.2) is 4.98 Å². The number of amides is 1. The third kappa shape index (κ3) is 3.67. The number of nitrogens with zero attached hydrogens (tertiary/aromatic N) is 8. The van der Waals surface area contributed by atoms with E-state index in [1.165, 1.54) is 11.3 Å². The fourth-order valence-corrected chi connectivity index (χ4v) is 4.39. The molecule has 3 aromatic heterocycles. The number of carbonyl (C=O) groups excluding carboxylic acids is 1. The van der Waals surface area contributed by atoms with E-state index in [-0.39, 0.29) is 5.91 Å². The zero-order valence-corrected chi connectivity index (χ0v) is 16.8. The molecule has 0 N–H and O–H groups in total. The second-order valence-corrected chi connectivity index (χ2v) is 8.10. The van der Waals surface area contributed by atoms with E-state index >= 15 is 0 Å². The van der Waals surface area contributed by atoms with E-state index in [9.17, 15) is 4.79 Å². The van der Waals surface area contributed by atoms with Crippen molar-refractivity contribution < 1.29 is 4.79 Å². The Morgan fingerprint density at radius 1 is 0.897 bits per heavy atom. The third-order valence-corrected chi connectivity index (χ3v) is 6.16. The molecule has 2 aliphatic rings. The normalized spacial score (nSPS) is 17.2. The summed E-state index contributed by atoms with van der Waals surface area (Å²) in [6.45, 7) is 4.64. The maximum atomic E-state index is 12.6. The molecule has 150 valence electrons. The zero-order chi connectivity index (χ0) is 19.6. The molecule has 0 saturated carbocycles. The molecule has 9 nitrogen and oxygen atoms in total. The smallest absolute Gasteiger partial charge is 0.264 e. The van der Waals surface area contributed by atoms with Crippen molar-refractivity contribution in [2.45, 2.75) is 12.8 Å². The number of aromatic nitrogens is 5. The van der Waals surface area contributed by atoms with Gasteiger partial charge in [0, 0.05) is 51.7 Å². The molecule has 5 heterocycles. The fourth-order valence-electron chi connectivity index (χ4n) is 3.70. The maximum absolute atomic E-state index is 12.6. The van der Waals surface area contributed by atoms with E-state index in [2.05, 4.69) is 24.8 Å². The summed E-state index contributed by atoms with van der Waals surface area (Å²) < 4.78 is 1.81. The lowest BCUT2D eigenvalue weighted by molar-refractivity contribution is 0.0751. The van der Waals surface area contributed by atoms with Crippen LogP contribution < -0.4 is 9.80 Å². The van der Waals surface area contributed by atoms with Gasteiger partial charge in [0.15, 0.2) is 0 Å². The van der Waals surface area contributed by atoms with Crippen molar-refractivity contribution in [1.82, 2.24) is 29.4 Å². The van der Waals surface area contributed by atoms with Crippen molar-refractivity contribution in [2.24, 2.45) is 0 Å². The lowest BCUT2D eigenvalue weighted by atomic mass is 10.3. The molecule has 3 aromatic rings. The predicted molar refractivity (Wildman–Crippen MR) is 111 cm³/mol. The lowest BCUT2D eigenvalue weighted by Gasteiger charge is -2.34. The summed E-state index contributed by atoms with van der Waals surface area (Å²) in [5.41, 5.74) is 0. The molecular formula is C19H22N8OS. The zero-order valence-electron chi connectivity index (χ0n) is 16.0. The van der Waals surface area contributed by atoms with E-state index in [0.29, 0.717) is 44.0 Å². The van der Waals surface area contributed by atoms with Gasteiger partial charge in [-0.05, 0) is 24.3 Å². The van der Waals surface area contributed by atoms with E-state index in [1.54, 1.807) is 17.1 Å². The first-order chi connectivity index (χ1) is 14.3. The largest absolute Gasteiger partial charge is 0.341 e. The molecule has 1 amide bonds. The van der Waals surface area contributed by atoms with Crippen LogP contribution in [-0.2, 0) is 0 Å². The van der Waals surface area contributed by atoms with Crippen LogP contribution in [0.2, 0.25) is 0 Å². The van der Waals surface area contributed by atoms with Crippen LogP contribution in [0.15, 0.2) is 36.2 Å². The first-order valence-corrected chi connectivity index (χ1v) is 10.7. The quantitative estimate of drug-likeness (QED) is 0.647. The number of hydrogen-bond acceptors (Lipinski definition) is 8. The van der Waals surface area contributed by atoms with Crippen LogP contribution in [0.5, 0.6) is 0 Å². The SMILES string of the molecule is O=C(c1cccs1)N1CCN(c2nc(N3CCCC3)nc(-n3ccnc3)n2)CC1. The van der Waals surface area contributed by atoms with Gasteiger partial charge in [0.2, 0.25) is 17.8 Å². The molecule has 0 unspecified atom stereocenters. The molecule has 29 heavy (non-hydrogen) atoms. The van der Waals surface area contributed by atoms with Gasteiger partial charge in [0.05, 0.1) is 4.88 Å². The van der Waals surface area contributed by atoms with Gasteiger partial charge in [-0.15, -0.1) is 11.3 Å². The molecular weight excluding hydrogens is 388 g/mol. The molecule has 0 atom stereocenters. The van der Waals surface area contributed by atoms with Crippen LogP contribution in [0.3, 0.4) is 0 Å². The van der Waals surface area contributed by atoms with Crippen LogP contribution in [0.1, 0.15) is 22.5 Å². The Morgan fingerprint density at radius 3 is 2.21 bits per heavy atom. The fraction of sp³-hybridized carbons (Fsp3) is 0.421. The average molecular weight is 411 g/mol. The second kappa shape index (κ2) is 7.78. The van der Waals surface area contributed by atoms with Crippen molar-refractivity contribution >= 4 is 29.1 Å². The first kappa shape index (κ1) is 18.0. The Labute approximate surface area is 172 Å². The maximum Gasteiger partial charge on any atom is 0.264 e. The third-order valence-electron chi connectivity index (χ3n) is 5.31. The molecule has 2 aliphatic heterocycles. The van der Waals surface area contributed by atoms with Crippen molar-refractivity contribution in [3.8, 4) is 5.95 Å². The number of rotatable bonds is 4. The van der Waals surface area contributed by atoms with Crippen LogP contribution in [0, 0.1) is 0 Å². The Bertz CT molecular complexity index is 960. The van der Waals surface area contributed by atoms with Crippen LogP contribution in [0.4, 0.5) is 11.9 Å². The van der Waals surface area contributed by atoms with Crippen molar-refractivity contribution in [3.05, 3.63) is 41.1 Å². The van der Waals surface area contributed by atoms with Crippen LogP contribution >= 0.6 is 11.3 Å². The topological polar surface area (TPSA) is 83.3 Å². The molecule has 0 radical (unpaired) electrons. The van der Waals surface area contributed by atoms with Crippen LogP contribution in [0.25, 0.3) is 5.95 Å². The highest BCUT2D eigenvalue weighted by atomic mass is 32.1. The summed E-state index contributed by atoms with van der Waals surface area (Å²) in [4.78, 5) is 37.9. The minimum absolute atomic E-state index is 0.104. The van der Waals surface area contributed by atoms with Gasteiger partial charge >= 0.3 is 0 Å². The van der Waals surface area contributed by atoms with Crippen molar-refractivity contribution in [3.63, 3.8) is 0 Å². The van der Waals surface area contributed by atoms with Crippen LogP contribution in [-0.4, -0.2) is 74.6 Å². The Morgan fingerprint density at radius 2 is 1.59 bits per heavy atom. The van der Waals surface area contributed by atoms with Gasteiger partial charge < -0.3 is 14.7 Å². The summed E-state index contributed by atoms with van der Waals surface area (Å²) in [5.74, 6) is 2.06. The Balaban J connectivity index is 1.37. The number of thiophene rings is 1. The van der Waals surface area contributed by atoms with E-state index in [4.69, 9.17) is 4.98 Å². The highest BCUT2D eigenvalue weighted by Crippen LogP contribution is 2.21. The molecule has 0 aliphatic carbocycles. The molecule has 2 saturated heterocycles. The highest BCUT2D eigenvalue weighted by Gasteiger charge is 2.26. The molecule has 0 bridgehead atoms. The molecule has 0 aromatic carbocycles. The summed E-state index contributed by atoms with van der Waals surface area (Å²) in [6.07, 6.45) is 7.57. The average Bonchev–Trinajstić information content (AvgIpc) is 3.55. The van der Waals surface area contributed by atoms with Gasteiger partial charge in [0.25, 0.3) is 5.91 Å². The molecule has 0 spiro atoms. The summed E-state index contributed by atoms with van der Waals surface area (Å²) in [7, 11) is 0. The minimum Gasteiger partial charge on any atom is -0.341 e. The molecule has 2 fully saturated rings. The summed E-state index contributed by atoms with van der Waals surface area (Å²) in [6, 6.07) is 3.79. The predicted octanol–water partition coefficient (Wildman–Crippen LogP) is 1.68. The number of carbonyl (C=O) groups is 1. The van der Waals surface area contributed by atoms with Gasteiger partial charge in [-0.3, -0.25) is 9.36 Å². The molecule has 5 rings (SSSR count). The summed E-state index contributed by atoms with van der Waals surface area (Å²) >= 11 is 1.49. The number of anilines is 2. The van der Waals surface area contributed by atoms with Crippen molar-refractivity contribution in [1.29, 1.82) is 0 Å². The Hall–Kier alpha value is -3.01. The van der Waals surface area contributed by atoms with E-state index in [0.717, 1.165) is 30.8 Å². The molecule has 10 heteroatoms. The standard InChI is InChI=1S/C19H22N8OS/c28-16(15-4-3-13-29-15)24-9-11-26(12-10-24)18-21-17(25-6-1-2-7-25)22-19(23-18)27-8-5-20-14-27/h3-5,8,13-14H,1-2,6-7,9-12H2. The summed E-state index contributed by atoms with van der Waals surface area (Å²) in [5, 5.41) is 1.94. The van der Waals surface area contributed by atoms with E-state index in [1.807, 2.05) is 28.6 Å². The second-order valence-electron chi connectivity index (χ2n) is 7.16. The van der Waals surface area contributed by atoms with Gasteiger partial charge in [-0.1, -0.05) is 6.07 Å². The monoisotopic (exact) mass is 410 g/mol. The lowest BCUT2D eigenvalue weighted by Crippen LogP contribution is -2.49. The van der Waals surface area contributed by atoms with Gasteiger partial charge in [0.1, 0.15) is 6.33 Å². The van der Waals surface area contributed by atoms with E-state index < -0.39 is 0 Å². The Kier molecular flexibility index (Phi) is 4.84. The highest BCUT2D eigenvalue weighted by molar-refractivity contribution is 7.12. The first-order valence-electron chi connectivity index (χ1n) is 9.85. The van der Waals surface area contributed by atoms with Crippen molar-refractivity contribution in [2.75, 3.05) is 49.1 Å². The number of hydrogen-bond donors (Lipinski definition) is 0. The number of piperazine rings is 1. The number of imidazole rings is 1. The minimum atomic E-state index is 0.104. The van der Waals surface area contributed by atoms with Gasteiger partial charge in [-0.2, -0.15) is 15.0 Å².